The number of phenols is 1. The molecule has 0 aromatic heterocycles. The summed E-state index contributed by atoms with van der Waals surface area (Å²) in [6.45, 7) is 2.56. The van der Waals surface area contributed by atoms with Gasteiger partial charge in [-0.15, -0.1) is 10.2 Å². The molecule has 2 unspecified atom stereocenters. The number of nitrogens with zero attached hydrogens (tertiary/aromatic N) is 4. The second kappa shape index (κ2) is 12.8. The van der Waals surface area contributed by atoms with E-state index in [0.29, 0.717) is 11.3 Å². The summed E-state index contributed by atoms with van der Waals surface area (Å²) >= 11 is -2.89. The predicted molar refractivity (Wildman–Crippen MR) is 161 cm³/mol. The quantitative estimate of drug-likeness (QED) is 0.0347. The third-order valence-corrected chi connectivity index (χ3v) is 10.8. The van der Waals surface area contributed by atoms with Gasteiger partial charge in [0.05, 0.1) is 27.3 Å². The van der Waals surface area contributed by atoms with Gasteiger partial charge in [-0.05, 0) is 73.3 Å². The van der Waals surface area contributed by atoms with Gasteiger partial charge in [-0.1, -0.05) is 17.7 Å². The van der Waals surface area contributed by atoms with Crippen molar-refractivity contribution < 1.29 is 45.4 Å². The van der Waals surface area contributed by atoms with Crippen molar-refractivity contribution in [2.24, 2.45) is 20.5 Å². The highest BCUT2D eigenvalue weighted by Gasteiger charge is 2.33. The van der Waals surface area contributed by atoms with Crippen LogP contribution in [0.1, 0.15) is 11.1 Å². The van der Waals surface area contributed by atoms with Crippen LogP contribution >= 0.6 is 0 Å². The van der Waals surface area contributed by atoms with E-state index in [1.807, 2.05) is 19.1 Å². The van der Waals surface area contributed by atoms with Crippen molar-refractivity contribution in [3.8, 4) is 5.75 Å². The lowest BCUT2D eigenvalue weighted by atomic mass is 10.0. The van der Waals surface area contributed by atoms with Crippen LogP contribution in [0.2, 0.25) is 0 Å². The smallest absolute Gasteiger partial charge is 0.296 e. The SMILES string of the molecule is Cc1ccc(N=Nc2c(C)cc3cc(S(=O)(=O)O)c(N=Nc4ccc(S(=O)(=O)C(COO)S(=O)O)cc4)c(N)c3c2O)cc1. The normalized spacial score (nSPS) is 14.0. The van der Waals surface area contributed by atoms with Crippen molar-refractivity contribution in [1.29, 1.82) is 0 Å². The molecule has 4 rings (SSSR count). The van der Waals surface area contributed by atoms with Crippen LogP contribution in [0.4, 0.5) is 28.4 Å². The molecule has 18 heteroatoms. The zero-order chi connectivity index (χ0) is 32.4. The second-order valence-corrected chi connectivity index (χ2v) is 14.3. The first-order chi connectivity index (χ1) is 20.6. The van der Waals surface area contributed by atoms with E-state index < -0.39 is 63.5 Å². The van der Waals surface area contributed by atoms with Crippen molar-refractivity contribution >= 4 is 70.2 Å². The number of nitrogen functional groups attached to an aromatic ring is 1. The summed E-state index contributed by atoms with van der Waals surface area (Å²) in [5, 5.41) is 35.9. The number of anilines is 1. The Labute approximate surface area is 253 Å². The molecular weight excluding hydrogens is 639 g/mol. The van der Waals surface area contributed by atoms with Crippen molar-refractivity contribution in [2.75, 3.05) is 12.3 Å². The van der Waals surface area contributed by atoms with E-state index in [-0.39, 0.29) is 27.8 Å². The molecule has 0 saturated carbocycles. The lowest BCUT2D eigenvalue weighted by Gasteiger charge is -2.14. The van der Waals surface area contributed by atoms with Gasteiger partial charge in [0.2, 0.25) is 0 Å². The summed E-state index contributed by atoms with van der Waals surface area (Å²) in [5.41, 5.74) is 7.38. The van der Waals surface area contributed by atoms with Gasteiger partial charge in [0.1, 0.15) is 22.9 Å². The fourth-order valence-corrected chi connectivity index (χ4v) is 7.21. The molecule has 0 spiro atoms. The van der Waals surface area contributed by atoms with Gasteiger partial charge in [-0.25, -0.2) is 17.5 Å². The number of azo groups is 2. The summed E-state index contributed by atoms with van der Waals surface area (Å²) in [7, 11) is -9.33. The molecule has 0 bridgehead atoms. The minimum absolute atomic E-state index is 0.00877. The van der Waals surface area contributed by atoms with E-state index in [0.717, 1.165) is 35.9 Å². The largest absolute Gasteiger partial charge is 0.505 e. The van der Waals surface area contributed by atoms with Gasteiger partial charge in [0.25, 0.3) is 10.1 Å². The number of fused-ring (bicyclic) bond motifs is 1. The molecule has 0 fully saturated rings. The molecule has 0 amide bonds. The van der Waals surface area contributed by atoms with E-state index in [1.165, 1.54) is 6.07 Å². The summed E-state index contributed by atoms with van der Waals surface area (Å²) in [5.74, 6) is -0.427. The molecule has 0 radical (unpaired) electrons. The maximum atomic E-state index is 12.7. The molecule has 15 nitrogen and oxygen atoms in total. The van der Waals surface area contributed by atoms with E-state index in [1.54, 1.807) is 19.1 Å². The van der Waals surface area contributed by atoms with E-state index in [2.05, 4.69) is 25.3 Å². The number of hydrogen-bond donors (Lipinski definition) is 5. The van der Waals surface area contributed by atoms with Crippen LogP contribution in [-0.4, -0.2) is 51.7 Å². The zero-order valence-corrected chi connectivity index (χ0v) is 25.3. The number of sulfone groups is 1. The fourth-order valence-electron chi connectivity index (χ4n) is 4.10. The molecule has 0 aliphatic rings. The molecule has 4 aromatic carbocycles. The Morgan fingerprint density at radius 2 is 1.43 bits per heavy atom. The van der Waals surface area contributed by atoms with Crippen LogP contribution in [-0.2, 0) is 35.9 Å². The Morgan fingerprint density at radius 1 is 0.886 bits per heavy atom. The Hall–Kier alpha value is -4.17. The third kappa shape index (κ3) is 6.81. The van der Waals surface area contributed by atoms with Crippen LogP contribution in [0, 0.1) is 13.8 Å². The highest BCUT2D eigenvalue weighted by molar-refractivity contribution is 8.04. The maximum Gasteiger partial charge on any atom is 0.296 e. The Morgan fingerprint density at radius 3 is 1.95 bits per heavy atom. The highest BCUT2D eigenvalue weighted by atomic mass is 32.3. The van der Waals surface area contributed by atoms with Gasteiger partial charge in [-0.2, -0.15) is 18.6 Å². The van der Waals surface area contributed by atoms with Crippen molar-refractivity contribution in [3.05, 3.63) is 71.8 Å². The molecule has 232 valence electrons. The van der Waals surface area contributed by atoms with Crippen LogP contribution < -0.4 is 5.73 Å². The summed E-state index contributed by atoms with van der Waals surface area (Å²) in [6, 6.07) is 14.1. The molecule has 0 aliphatic heterocycles. The molecular formula is C26H25N5O10S3. The fraction of sp³-hybridized carbons (Fsp3) is 0.154. The average Bonchev–Trinajstić information content (AvgIpc) is 2.95. The summed E-state index contributed by atoms with van der Waals surface area (Å²) in [6.07, 6.45) is 0. The number of phenolic OH excluding ortho intramolecular Hbond substituents is 1. The zero-order valence-electron chi connectivity index (χ0n) is 22.9. The number of hydrogen-bond acceptors (Lipinski definition) is 13. The van der Waals surface area contributed by atoms with Gasteiger partial charge in [-0.3, -0.25) is 9.81 Å². The number of benzene rings is 4. The van der Waals surface area contributed by atoms with Gasteiger partial charge >= 0.3 is 0 Å². The standard InChI is InChI=1S/C26H25N5O10S3/c1-14-3-5-17(6-4-14)28-30-24-15(2)11-16-12-20(44(38,39)40)25(23(27)22(16)26(24)32)31-29-18-7-9-19(10-8-18)43(36,37)21(13-41-33)42(34)35/h3-12,21,32-33H,13,27H2,1-2H3,(H,34,35)(H,38,39,40). The van der Waals surface area contributed by atoms with Gasteiger partial charge < -0.3 is 15.4 Å². The van der Waals surface area contributed by atoms with Crippen LogP contribution in [0.5, 0.6) is 5.75 Å². The molecule has 0 saturated heterocycles. The minimum atomic E-state index is -4.91. The van der Waals surface area contributed by atoms with E-state index in [9.17, 15) is 35.3 Å². The third-order valence-electron chi connectivity index (χ3n) is 6.33. The first kappa shape index (κ1) is 32.7. The molecule has 0 aliphatic carbocycles. The van der Waals surface area contributed by atoms with Crippen molar-refractivity contribution in [3.63, 3.8) is 0 Å². The van der Waals surface area contributed by atoms with Crippen LogP contribution in [0.3, 0.4) is 0 Å². The first-order valence-electron chi connectivity index (χ1n) is 12.3. The number of nitrogens with two attached hydrogens (primary N) is 1. The second-order valence-electron chi connectivity index (χ2n) is 9.38. The first-order valence-corrected chi connectivity index (χ1v) is 16.5. The monoisotopic (exact) mass is 663 g/mol. The summed E-state index contributed by atoms with van der Waals surface area (Å²) < 4.78 is 78.5. The minimum Gasteiger partial charge on any atom is -0.505 e. The lowest BCUT2D eigenvalue weighted by Crippen LogP contribution is -2.30. The van der Waals surface area contributed by atoms with Crippen molar-refractivity contribution in [1.82, 2.24) is 0 Å². The lowest BCUT2D eigenvalue weighted by molar-refractivity contribution is -0.238. The Kier molecular flexibility index (Phi) is 9.54. The maximum absolute atomic E-state index is 12.7. The number of aromatic hydroxyl groups is 1. The molecule has 6 N–H and O–H groups in total. The van der Waals surface area contributed by atoms with Crippen LogP contribution in [0.25, 0.3) is 10.8 Å². The molecule has 44 heavy (non-hydrogen) atoms. The highest BCUT2D eigenvalue weighted by Crippen LogP contribution is 2.47. The Balaban J connectivity index is 1.79. The van der Waals surface area contributed by atoms with Crippen molar-refractivity contribution in [2.45, 2.75) is 28.2 Å². The Bertz CT molecular complexity index is 2030. The average molecular weight is 664 g/mol. The number of aryl methyl sites for hydroxylation is 2. The van der Waals surface area contributed by atoms with E-state index >= 15 is 0 Å². The molecule has 4 aromatic rings. The number of rotatable bonds is 10. The topological polar surface area (TPSA) is 251 Å². The predicted octanol–water partition coefficient (Wildman–Crippen LogP) is 5.63. The molecule has 2 atom stereocenters. The van der Waals surface area contributed by atoms with Gasteiger partial charge in [0, 0.05) is 0 Å². The summed E-state index contributed by atoms with van der Waals surface area (Å²) in [4.78, 5) is 2.63. The van der Waals surface area contributed by atoms with E-state index in [4.69, 9.17) is 11.0 Å². The van der Waals surface area contributed by atoms with Gasteiger partial charge in [0.15, 0.2) is 31.2 Å². The molecule has 0 heterocycles. The van der Waals surface area contributed by atoms with Crippen LogP contribution in [0.15, 0.2) is 90.9 Å².